The summed E-state index contributed by atoms with van der Waals surface area (Å²) in [5.74, 6) is -4.98. The number of carbonyl (C=O) groups excluding carboxylic acids is 1. The number of pyridine rings is 2. The fourth-order valence-electron chi connectivity index (χ4n) is 3.38. The van der Waals surface area contributed by atoms with Gasteiger partial charge in [0.2, 0.25) is 5.91 Å². The van der Waals surface area contributed by atoms with Gasteiger partial charge in [-0.1, -0.05) is 0 Å². The number of hydrogen-bond donors (Lipinski definition) is 3. The molecule has 0 bridgehead atoms. The number of nitrogens with zero attached hydrogens (tertiary/aromatic N) is 2. The minimum Gasteiger partial charge on any atom is -0.329 e. The summed E-state index contributed by atoms with van der Waals surface area (Å²) < 4.78 is 42.2. The number of aromatic nitrogens is 2. The van der Waals surface area contributed by atoms with Crippen LogP contribution in [-0.4, -0.2) is 45.8 Å². The van der Waals surface area contributed by atoms with Crippen molar-refractivity contribution in [1.29, 1.82) is 0 Å². The molecule has 1 amide bonds. The number of hydrogen-bond acceptors (Lipinski definition) is 5. The lowest BCUT2D eigenvalue weighted by molar-refractivity contribution is -0.125. The summed E-state index contributed by atoms with van der Waals surface area (Å²) in [4.78, 5) is 32.1. The molecule has 4 N–H and O–H groups in total. The maximum absolute atomic E-state index is 14.6. The number of aromatic amines is 1. The van der Waals surface area contributed by atoms with E-state index >= 15 is 0 Å². The molecule has 1 saturated heterocycles. The van der Waals surface area contributed by atoms with Crippen LogP contribution >= 0.6 is 0 Å². The number of rotatable bonds is 5. The lowest BCUT2D eigenvalue weighted by Crippen LogP contribution is -2.52. The monoisotopic (exact) mass is 409 g/mol. The Hall–Kier alpha value is -2.72. The Morgan fingerprint density at radius 3 is 2.90 bits per heavy atom. The highest BCUT2D eigenvalue weighted by molar-refractivity contribution is 5.93. The smallest absolute Gasteiger partial charge is 0.257 e. The molecule has 156 valence electrons. The molecule has 3 rings (SSSR count). The van der Waals surface area contributed by atoms with Gasteiger partial charge in [0.15, 0.2) is 0 Å². The van der Waals surface area contributed by atoms with Crippen molar-refractivity contribution in [3.05, 3.63) is 57.9 Å². The zero-order valence-electron chi connectivity index (χ0n) is 15.8. The highest BCUT2D eigenvalue weighted by atomic mass is 19.3. The first-order chi connectivity index (χ1) is 13.7. The van der Waals surface area contributed by atoms with E-state index in [1.54, 1.807) is 11.8 Å². The van der Waals surface area contributed by atoms with E-state index in [-0.39, 0.29) is 36.6 Å². The zero-order valence-corrected chi connectivity index (χ0v) is 15.8. The number of likely N-dealkylation sites (tertiary alicyclic amines) is 1. The Labute approximate surface area is 165 Å². The SMILES string of the molecule is CC(C(=O)Nc1ccc(F)cn1)N1CCC(F)(F)C(c2c[nH]c(=O)c(CN)c2)C1. The number of piperidine rings is 1. The van der Waals surface area contributed by atoms with E-state index in [1.165, 1.54) is 18.3 Å². The fourth-order valence-corrected chi connectivity index (χ4v) is 3.38. The van der Waals surface area contributed by atoms with E-state index in [0.29, 0.717) is 0 Å². The number of halogens is 3. The highest BCUT2D eigenvalue weighted by Crippen LogP contribution is 2.40. The molecule has 3 heterocycles. The summed E-state index contributed by atoms with van der Waals surface area (Å²) >= 11 is 0. The number of H-pyrrole nitrogens is 1. The van der Waals surface area contributed by atoms with Crippen LogP contribution in [0, 0.1) is 5.82 Å². The average Bonchev–Trinajstić information content (AvgIpc) is 2.69. The lowest BCUT2D eigenvalue weighted by Gasteiger charge is -2.40. The van der Waals surface area contributed by atoms with E-state index in [9.17, 15) is 22.8 Å². The van der Waals surface area contributed by atoms with Crippen molar-refractivity contribution >= 4 is 11.7 Å². The van der Waals surface area contributed by atoms with Crippen LogP contribution < -0.4 is 16.6 Å². The van der Waals surface area contributed by atoms with Crippen LogP contribution in [0.15, 0.2) is 35.4 Å². The standard InChI is InChI=1S/C19H22F3N5O2/c1-11(17(28)26-16-3-2-14(20)9-24-16)27-5-4-19(21,22)15(10-27)13-6-12(7-23)18(29)25-8-13/h2-3,6,8-9,11,15H,4-5,7,10,23H2,1H3,(H,25,29)(H,24,26,28). The van der Waals surface area contributed by atoms with Crippen molar-refractivity contribution in [2.75, 3.05) is 18.4 Å². The second-order valence-electron chi connectivity index (χ2n) is 7.08. The molecule has 1 aliphatic heterocycles. The van der Waals surface area contributed by atoms with E-state index in [1.807, 2.05) is 0 Å². The van der Waals surface area contributed by atoms with Crippen molar-refractivity contribution in [3.8, 4) is 0 Å². The average molecular weight is 409 g/mol. The van der Waals surface area contributed by atoms with Gasteiger partial charge in [0.25, 0.3) is 11.5 Å². The van der Waals surface area contributed by atoms with Crippen molar-refractivity contribution in [2.45, 2.75) is 37.8 Å². The van der Waals surface area contributed by atoms with Crippen LogP contribution in [-0.2, 0) is 11.3 Å². The van der Waals surface area contributed by atoms with Crippen molar-refractivity contribution < 1.29 is 18.0 Å². The van der Waals surface area contributed by atoms with Gasteiger partial charge in [0, 0.05) is 37.8 Å². The highest BCUT2D eigenvalue weighted by Gasteiger charge is 2.46. The lowest BCUT2D eigenvalue weighted by atomic mass is 9.86. The van der Waals surface area contributed by atoms with Crippen molar-refractivity contribution in [2.24, 2.45) is 5.73 Å². The molecule has 2 atom stereocenters. The van der Waals surface area contributed by atoms with E-state index in [2.05, 4.69) is 15.3 Å². The first-order valence-electron chi connectivity index (χ1n) is 9.17. The third kappa shape index (κ3) is 4.65. The largest absolute Gasteiger partial charge is 0.329 e. The van der Waals surface area contributed by atoms with Crippen LogP contribution in [0.2, 0.25) is 0 Å². The molecule has 1 aliphatic rings. The third-order valence-corrected chi connectivity index (χ3v) is 5.19. The van der Waals surface area contributed by atoms with E-state index in [0.717, 1.165) is 12.3 Å². The van der Waals surface area contributed by atoms with Gasteiger partial charge in [0.05, 0.1) is 18.2 Å². The van der Waals surface area contributed by atoms with E-state index < -0.39 is 41.6 Å². The van der Waals surface area contributed by atoms with Gasteiger partial charge in [-0.2, -0.15) is 0 Å². The molecule has 1 fully saturated rings. The minimum atomic E-state index is -2.99. The molecule has 0 spiro atoms. The number of amides is 1. The minimum absolute atomic E-state index is 0.0298. The molecule has 0 aliphatic carbocycles. The molecular weight excluding hydrogens is 387 g/mol. The van der Waals surface area contributed by atoms with Crippen molar-refractivity contribution in [1.82, 2.24) is 14.9 Å². The zero-order chi connectivity index (χ0) is 21.2. The van der Waals surface area contributed by atoms with Gasteiger partial charge in [-0.15, -0.1) is 0 Å². The molecule has 29 heavy (non-hydrogen) atoms. The second kappa shape index (κ2) is 8.34. The van der Waals surface area contributed by atoms with Gasteiger partial charge in [-0.25, -0.2) is 18.2 Å². The molecule has 7 nitrogen and oxygen atoms in total. The molecule has 10 heteroatoms. The van der Waals surface area contributed by atoms with Gasteiger partial charge < -0.3 is 16.0 Å². The molecule has 0 radical (unpaired) electrons. The number of nitrogens with one attached hydrogen (secondary N) is 2. The Morgan fingerprint density at radius 1 is 1.48 bits per heavy atom. The summed E-state index contributed by atoms with van der Waals surface area (Å²) in [6, 6.07) is 3.17. The Bertz CT molecular complexity index is 932. The molecular formula is C19H22F3N5O2. The molecule has 0 saturated carbocycles. The van der Waals surface area contributed by atoms with Crippen molar-refractivity contribution in [3.63, 3.8) is 0 Å². The number of anilines is 1. The number of carbonyl (C=O) groups is 1. The van der Waals surface area contributed by atoms with Crippen LogP contribution in [0.25, 0.3) is 0 Å². The van der Waals surface area contributed by atoms with Gasteiger partial charge in [-0.3, -0.25) is 14.5 Å². The predicted molar refractivity (Wildman–Crippen MR) is 101 cm³/mol. The summed E-state index contributed by atoms with van der Waals surface area (Å²) in [7, 11) is 0. The Kier molecular flexibility index (Phi) is 6.04. The normalized spacial score (nSPS) is 20.2. The molecule has 2 aromatic rings. The van der Waals surface area contributed by atoms with Gasteiger partial charge in [-0.05, 0) is 30.7 Å². The van der Waals surface area contributed by atoms with E-state index in [4.69, 9.17) is 5.73 Å². The Morgan fingerprint density at radius 2 is 2.24 bits per heavy atom. The fraction of sp³-hybridized carbons (Fsp3) is 0.421. The maximum Gasteiger partial charge on any atom is 0.257 e. The predicted octanol–water partition coefficient (Wildman–Crippen LogP) is 1.82. The van der Waals surface area contributed by atoms with Gasteiger partial charge >= 0.3 is 0 Å². The maximum atomic E-state index is 14.6. The molecule has 2 aromatic heterocycles. The molecule has 0 aromatic carbocycles. The summed E-state index contributed by atoms with van der Waals surface area (Å²) in [6.07, 6.45) is 1.82. The van der Waals surface area contributed by atoms with Crippen LogP contribution in [0.5, 0.6) is 0 Å². The van der Waals surface area contributed by atoms with Crippen LogP contribution in [0.4, 0.5) is 19.0 Å². The Balaban J connectivity index is 1.76. The molecule has 2 unspecified atom stereocenters. The summed E-state index contributed by atoms with van der Waals surface area (Å²) in [5, 5.41) is 2.56. The first kappa shape index (κ1) is 21.0. The summed E-state index contributed by atoms with van der Waals surface area (Å²) in [5.41, 5.74) is 5.60. The third-order valence-electron chi connectivity index (χ3n) is 5.19. The number of alkyl halides is 2. The van der Waals surface area contributed by atoms with Gasteiger partial charge in [0.1, 0.15) is 11.6 Å². The van der Waals surface area contributed by atoms with Crippen LogP contribution in [0.1, 0.15) is 30.4 Å². The van der Waals surface area contributed by atoms with Crippen LogP contribution in [0.3, 0.4) is 0 Å². The number of nitrogens with two attached hydrogens (primary N) is 1. The first-order valence-corrected chi connectivity index (χ1v) is 9.17. The topological polar surface area (TPSA) is 104 Å². The quantitative estimate of drug-likeness (QED) is 0.699. The second-order valence-corrected chi connectivity index (χ2v) is 7.08. The summed E-state index contributed by atoms with van der Waals surface area (Å²) in [6.45, 7) is 1.50.